The van der Waals surface area contributed by atoms with Crippen LogP contribution in [-0.2, 0) is 4.79 Å². The van der Waals surface area contributed by atoms with Gasteiger partial charge in [0.25, 0.3) is 0 Å². The number of anilines is 1. The minimum absolute atomic E-state index is 0.0632. The van der Waals surface area contributed by atoms with Crippen LogP contribution in [0.15, 0.2) is 58.3 Å². The molecule has 0 bridgehead atoms. The Morgan fingerprint density at radius 2 is 1.85 bits per heavy atom. The standard InChI is InChI=1S/C21H20N4O2/c1-3-22-12-19(26)23-18-6-4-5-15-16(18)11-17-20(24-25-21(15)17)13-7-9-14(27-2)10-8-13/h4-11,22H,3,12H2,1-2H3,(H,23,26). The quantitative estimate of drug-likeness (QED) is 0.828. The zero-order valence-corrected chi connectivity index (χ0v) is 15.2. The molecule has 1 heterocycles. The molecule has 0 radical (unpaired) electrons. The fourth-order valence-corrected chi connectivity index (χ4v) is 3.23. The molecule has 1 aliphatic carbocycles. The summed E-state index contributed by atoms with van der Waals surface area (Å²) < 4.78 is 5.22. The molecule has 4 rings (SSSR count). The SMILES string of the molecule is CCNCC(=O)Nc1cccc2c1=CC1=C(c3ccc(OC)cc3)N=NC=21. The van der Waals surface area contributed by atoms with Crippen LogP contribution in [0.4, 0.5) is 5.69 Å². The average molecular weight is 360 g/mol. The number of benzene rings is 2. The van der Waals surface area contributed by atoms with E-state index in [0.717, 1.165) is 50.9 Å². The summed E-state index contributed by atoms with van der Waals surface area (Å²) in [5, 5.41) is 16.7. The van der Waals surface area contributed by atoms with Crippen molar-refractivity contribution < 1.29 is 9.53 Å². The molecule has 2 N–H and O–H groups in total. The second kappa shape index (κ2) is 7.17. The number of azo groups is 1. The molecule has 0 saturated heterocycles. The van der Waals surface area contributed by atoms with E-state index in [9.17, 15) is 4.79 Å². The van der Waals surface area contributed by atoms with Crippen molar-refractivity contribution in [3.05, 3.63) is 64.0 Å². The predicted octanol–water partition coefficient (Wildman–Crippen LogP) is 2.02. The lowest BCUT2D eigenvalue weighted by molar-refractivity contribution is -0.115. The van der Waals surface area contributed by atoms with Crippen molar-refractivity contribution in [2.45, 2.75) is 6.92 Å². The maximum absolute atomic E-state index is 12.1. The molecule has 27 heavy (non-hydrogen) atoms. The van der Waals surface area contributed by atoms with Gasteiger partial charge in [-0.25, -0.2) is 0 Å². The molecule has 0 atom stereocenters. The summed E-state index contributed by atoms with van der Waals surface area (Å²) in [4.78, 5) is 12.1. The van der Waals surface area contributed by atoms with Crippen molar-refractivity contribution in [1.29, 1.82) is 0 Å². The second-order valence-corrected chi connectivity index (χ2v) is 6.28. The van der Waals surface area contributed by atoms with Crippen LogP contribution in [-0.4, -0.2) is 26.1 Å². The first-order valence-electron chi connectivity index (χ1n) is 8.87. The highest BCUT2D eigenvalue weighted by Gasteiger charge is 2.23. The van der Waals surface area contributed by atoms with Crippen LogP contribution in [0.25, 0.3) is 17.5 Å². The Balaban J connectivity index is 1.74. The molecule has 6 heteroatoms. The Labute approximate surface area is 157 Å². The molecule has 2 aromatic carbocycles. The number of nitrogens with one attached hydrogen (secondary N) is 2. The van der Waals surface area contributed by atoms with E-state index in [4.69, 9.17) is 4.74 Å². The smallest absolute Gasteiger partial charge is 0.238 e. The van der Waals surface area contributed by atoms with Gasteiger partial charge in [-0.15, -0.1) is 10.2 Å². The highest BCUT2D eigenvalue weighted by atomic mass is 16.5. The number of rotatable bonds is 6. The summed E-state index contributed by atoms with van der Waals surface area (Å²) in [5.74, 6) is 0.736. The first-order valence-corrected chi connectivity index (χ1v) is 8.87. The zero-order valence-electron chi connectivity index (χ0n) is 15.2. The lowest BCUT2D eigenvalue weighted by Gasteiger charge is -2.06. The van der Waals surface area contributed by atoms with Crippen LogP contribution in [0.5, 0.6) is 5.75 Å². The number of ether oxygens (including phenoxy) is 1. The molecule has 6 nitrogen and oxygen atoms in total. The molecule has 0 aromatic heterocycles. The maximum Gasteiger partial charge on any atom is 0.238 e. The highest BCUT2D eigenvalue weighted by molar-refractivity contribution is 5.98. The normalized spacial score (nSPS) is 14.1. The Hall–Kier alpha value is -3.25. The lowest BCUT2D eigenvalue weighted by Crippen LogP contribution is -2.32. The van der Waals surface area contributed by atoms with Gasteiger partial charge in [-0.3, -0.25) is 4.79 Å². The van der Waals surface area contributed by atoms with Gasteiger partial charge in [0.05, 0.1) is 13.7 Å². The number of fused-ring (bicyclic) bond motifs is 2. The Morgan fingerprint density at radius 1 is 1.07 bits per heavy atom. The van der Waals surface area contributed by atoms with Gasteiger partial charge in [-0.1, -0.05) is 19.1 Å². The van der Waals surface area contributed by atoms with E-state index in [-0.39, 0.29) is 12.5 Å². The summed E-state index contributed by atoms with van der Waals surface area (Å²) in [7, 11) is 1.64. The van der Waals surface area contributed by atoms with Crippen molar-refractivity contribution in [3.63, 3.8) is 0 Å². The van der Waals surface area contributed by atoms with Crippen LogP contribution < -0.4 is 25.8 Å². The fourth-order valence-electron chi connectivity index (χ4n) is 3.23. The number of methoxy groups -OCH3 is 1. The van der Waals surface area contributed by atoms with Gasteiger partial charge < -0.3 is 15.4 Å². The van der Waals surface area contributed by atoms with Gasteiger partial charge in [0.2, 0.25) is 5.91 Å². The second-order valence-electron chi connectivity index (χ2n) is 6.28. The minimum atomic E-state index is -0.0632. The number of hydrogen-bond acceptors (Lipinski definition) is 5. The van der Waals surface area contributed by atoms with Gasteiger partial charge in [0, 0.05) is 27.3 Å². The number of amides is 1. The molecule has 0 fully saturated rings. The Morgan fingerprint density at radius 3 is 2.59 bits per heavy atom. The molecule has 2 aromatic rings. The van der Waals surface area contributed by atoms with Crippen LogP contribution in [0, 0.1) is 0 Å². The number of hydrogen-bond donors (Lipinski definition) is 2. The third-order valence-corrected chi connectivity index (χ3v) is 4.58. The first kappa shape index (κ1) is 17.2. The van der Waals surface area contributed by atoms with Crippen molar-refractivity contribution in [3.8, 4) is 5.75 Å². The van der Waals surface area contributed by atoms with E-state index in [1.54, 1.807) is 7.11 Å². The molecule has 0 unspecified atom stereocenters. The Kier molecular flexibility index (Phi) is 4.56. The monoisotopic (exact) mass is 360 g/mol. The number of likely N-dealkylation sites (N-methyl/N-ethyl adjacent to an activating group) is 1. The average Bonchev–Trinajstić information content (AvgIpc) is 3.27. The van der Waals surface area contributed by atoms with E-state index in [1.807, 2.05) is 55.5 Å². The first-order chi connectivity index (χ1) is 13.2. The number of carbonyl (C=O) groups is 1. The molecule has 0 saturated carbocycles. The summed E-state index contributed by atoms with van der Waals surface area (Å²) >= 11 is 0. The van der Waals surface area contributed by atoms with E-state index in [0.29, 0.717) is 0 Å². The van der Waals surface area contributed by atoms with Gasteiger partial charge in [0.15, 0.2) is 0 Å². The third-order valence-electron chi connectivity index (χ3n) is 4.58. The molecular formula is C21H20N4O2. The molecule has 1 amide bonds. The molecule has 0 spiro atoms. The molecule has 1 aliphatic heterocycles. The van der Waals surface area contributed by atoms with E-state index >= 15 is 0 Å². The molecule has 136 valence electrons. The van der Waals surface area contributed by atoms with Crippen molar-refractivity contribution in [2.24, 2.45) is 10.2 Å². The number of carbonyl (C=O) groups excluding carboxylic acids is 1. The number of nitrogens with zero attached hydrogens (tertiary/aromatic N) is 2. The van der Waals surface area contributed by atoms with Crippen LogP contribution >= 0.6 is 0 Å². The lowest BCUT2D eigenvalue weighted by atomic mass is 10.1. The van der Waals surface area contributed by atoms with Gasteiger partial charge in [-0.05, 0) is 43.0 Å². The topological polar surface area (TPSA) is 75.1 Å². The van der Waals surface area contributed by atoms with Crippen LogP contribution in [0.3, 0.4) is 0 Å². The summed E-state index contributed by atoms with van der Waals surface area (Å²) in [6.07, 6.45) is 2.05. The van der Waals surface area contributed by atoms with Gasteiger partial charge in [0.1, 0.15) is 17.1 Å². The van der Waals surface area contributed by atoms with E-state index in [2.05, 4.69) is 20.9 Å². The fraction of sp³-hybridized carbons (Fsp3) is 0.190. The van der Waals surface area contributed by atoms with Gasteiger partial charge >= 0.3 is 0 Å². The summed E-state index contributed by atoms with van der Waals surface area (Å²) in [6, 6.07) is 13.6. The highest BCUT2D eigenvalue weighted by Crippen LogP contribution is 2.35. The zero-order chi connectivity index (χ0) is 18.8. The summed E-state index contributed by atoms with van der Waals surface area (Å²) in [5.41, 5.74) is 4.41. The maximum atomic E-state index is 12.1. The Bertz CT molecular complexity index is 1080. The van der Waals surface area contributed by atoms with Crippen LogP contribution in [0.2, 0.25) is 0 Å². The van der Waals surface area contributed by atoms with Gasteiger partial charge in [-0.2, -0.15) is 0 Å². The molecule has 2 aliphatic rings. The summed E-state index contributed by atoms with van der Waals surface area (Å²) in [6.45, 7) is 3.01. The third kappa shape index (κ3) is 3.15. The minimum Gasteiger partial charge on any atom is -0.497 e. The predicted molar refractivity (Wildman–Crippen MR) is 106 cm³/mol. The van der Waals surface area contributed by atoms with E-state index < -0.39 is 0 Å². The van der Waals surface area contributed by atoms with Crippen molar-refractivity contribution in [2.75, 3.05) is 25.5 Å². The van der Waals surface area contributed by atoms with E-state index in [1.165, 1.54) is 0 Å². The van der Waals surface area contributed by atoms with Crippen molar-refractivity contribution in [1.82, 2.24) is 5.32 Å². The molecular weight excluding hydrogens is 340 g/mol. The largest absolute Gasteiger partial charge is 0.497 e. The van der Waals surface area contributed by atoms with Crippen LogP contribution in [0.1, 0.15) is 12.5 Å². The van der Waals surface area contributed by atoms with Crippen molar-refractivity contribution >= 4 is 29.1 Å².